The summed E-state index contributed by atoms with van der Waals surface area (Å²) < 4.78 is 5.00. The minimum atomic E-state index is -0.0202. The Bertz CT molecular complexity index is 849. The minimum absolute atomic E-state index is 0.00348. The largest absolute Gasteiger partial charge is 0.339 e. The van der Waals surface area contributed by atoms with Gasteiger partial charge in [0, 0.05) is 50.3 Å². The fourth-order valence-corrected chi connectivity index (χ4v) is 3.99. The number of carbonyl (C=O) groups excluding carboxylic acids is 2. The lowest BCUT2D eigenvalue weighted by molar-refractivity contribution is 0.0662. The van der Waals surface area contributed by atoms with E-state index in [-0.39, 0.29) is 11.9 Å². The van der Waals surface area contributed by atoms with Gasteiger partial charge in [-0.05, 0) is 25.0 Å². The minimum Gasteiger partial charge on any atom is -0.339 e. The number of piperazine rings is 1. The average Bonchev–Trinajstić information content (AvgIpc) is 3.20. The summed E-state index contributed by atoms with van der Waals surface area (Å²) in [4.78, 5) is 33.1. The van der Waals surface area contributed by atoms with Crippen molar-refractivity contribution < 1.29 is 14.1 Å². The molecule has 29 heavy (non-hydrogen) atoms. The third-order valence-electron chi connectivity index (χ3n) is 5.70. The van der Waals surface area contributed by atoms with Crippen molar-refractivity contribution in [2.45, 2.75) is 45.1 Å². The van der Waals surface area contributed by atoms with E-state index < -0.39 is 0 Å². The van der Waals surface area contributed by atoms with Crippen LogP contribution in [0, 0.1) is 6.92 Å². The zero-order valence-electron chi connectivity index (χ0n) is 16.8. The molecule has 2 heterocycles. The Morgan fingerprint density at radius 2 is 1.66 bits per heavy atom. The Balaban J connectivity index is 1.30. The van der Waals surface area contributed by atoms with E-state index in [2.05, 4.69) is 15.5 Å². The van der Waals surface area contributed by atoms with E-state index in [4.69, 9.17) is 4.52 Å². The molecular formula is C21H27N5O3. The monoisotopic (exact) mass is 397 g/mol. The van der Waals surface area contributed by atoms with E-state index in [9.17, 15) is 9.59 Å². The molecule has 8 nitrogen and oxygen atoms in total. The quantitative estimate of drug-likeness (QED) is 0.860. The van der Waals surface area contributed by atoms with Gasteiger partial charge in [0.05, 0.1) is 0 Å². The molecule has 0 radical (unpaired) electrons. The molecule has 0 bridgehead atoms. The Morgan fingerprint density at radius 1 is 1.00 bits per heavy atom. The van der Waals surface area contributed by atoms with E-state index in [1.54, 1.807) is 24.0 Å². The number of nitrogens with one attached hydrogen (secondary N) is 1. The number of amides is 3. The van der Waals surface area contributed by atoms with Crippen molar-refractivity contribution in [1.82, 2.24) is 25.3 Å². The summed E-state index contributed by atoms with van der Waals surface area (Å²) in [6, 6.07) is 7.52. The third-order valence-corrected chi connectivity index (χ3v) is 5.70. The SMILES string of the molecule is Cc1nc(-c2ccc(C(=O)N3CCN(C(=O)NC4CCCCC4)CC3)cc2)no1. The van der Waals surface area contributed by atoms with Crippen LogP contribution in [0.1, 0.15) is 48.4 Å². The standard InChI is InChI=1S/C21H27N5O3/c1-15-22-19(24-29-15)16-7-9-17(10-8-16)20(27)25-11-13-26(14-12-25)21(28)23-18-5-3-2-4-6-18/h7-10,18H,2-6,11-14H2,1H3,(H,23,28). The topological polar surface area (TPSA) is 91.6 Å². The van der Waals surface area contributed by atoms with Crippen LogP contribution in [0.4, 0.5) is 4.79 Å². The lowest BCUT2D eigenvalue weighted by Gasteiger charge is -2.36. The maximum Gasteiger partial charge on any atom is 0.317 e. The highest BCUT2D eigenvalue weighted by molar-refractivity contribution is 5.94. The van der Waals surface area contributed by atoms with Crippen LogP contribution >= 0.6 is 0 Å². The Morgan fingerprint density at radius 3 is 2.28 bits per heavy atom. The Hall–Kier alpha value is -2.90. The van der Waals surface area contributed by atoms with Gasteiger partial charge in [0.1, 0.15) is 0 Å². The molecular weight excluding hydrogens is 370 g/mol. The number of hydrogen-bond acceptors (Lipinski definition) is 5. The van der Waals surface area contributed by atoms with Gasteiger partial charge in [0.15, 0.2) is 0 Å². The molecule has 1 saturated carbocycles. The molecule has 0 atom stereocenters. The molecule has 2 aromatic rings. The highest BCUT2D eigenvalue weighted by Gasteiger charge is 2.26. The number of benzene rings is 1. The van der Waals surface area contributed by atoms with Crippen LogP contribution in [0.5, 0.6) is 0 Å². The molecule has 1 aliphatic carbocycles. The summed E-state index contributed by atoms with van der Waals surface area (Å²) in [6.07, 6.45) is 5.80. The van der Waals surface area contributed by atoms with E-state index in [1.165, 1.54) is 19.3 Å². The summed E-state index contributed by atoms with van der Waals surface area (Å²) in [7, 11) is 0. The van der Waals surface area contributed by atoms with Crippen molar-refractivity contribution in [1.29, 1.82) is 0 Å². The summed E-state index contributed by atoms with van der Waals surface area (Å²) in [6.45, 7) is 3.95. The van der Waals surface area contributed by atoms with Gasteiger partial charge in [-0.15, -0.1) is 0 Å². The number of aromatic nitrogens is 2. The van der Waals surface area contributed by atoms with E-state index in [0.717, 1.165) is 18.4 Å². The van der Waals surface area contributed by atoms with Crippen molar-refractivity contribution in [3.05, 3.63) is 35.7 Å². The van der Waals surface area contributed by atoms with Crippen LogP contribution in [-0.4, -0.2) is 64.1 Å². The number of hydrogen-bond donors (Lipinski definition) is 1. The summed E-state index contributed by atoms with van der Waals surface area (Å²) >= 11 is 0. The van der Waals surface area contributed by atoms with Crippen molar-refractivity contribution >= 4 is 11.9 Å². The molecule has 0 unspecified atom stereocenters. The summed E-state index contributed by atoms with van der Waals surface area (Å²) in [5.74, 6) is 0.998. The zero-order chi connectivity index (χ0) is 20.2. The van der Waals surface area contributed by atoms with Gasteiger partial charge in [-0.3, -0.25) is 4.79 Å². The molecule has 2 aliphatic rings. The highest BCUT2D eigenvalue weighted by Crippen LogP contribution is 2.19. The van der Waals surface area contributed by atoms with Gasteiger partial charge in [-0.1, -0.05) is 36.6 Å². The summed E-state index contributed by atoms with van der Waals surface area (Å²) in [5, 5.41) is 7.04. The Kier molecular flexibility index (Phi) is 5.78. The van der Waals surface area contributed by atoms with Crippen LogP contribution in [0.3, 0.4) is 0 Å². The molecule has 4 rings (SSSR count). The molecule has 1 saturated heterocycles. The first-order valence-corrected chi connectivity index (χ1v) is 10.4. The normalized spacial score (nSPS) is 18.0. The first-order chi connectivity index (χ1) is 14.1. The van der Waals surface area contributed by atoms with E-state index in [0.29, 0.717) is 49.5 Å². The lowest BCUT2D eigenvalue weighted by atomic mass is 9.96. The number of rotatable bonds is 3. The molecule has 1 aromatic carbocycles. The maximum absolute atomic E-state index is 12.8. The number of nitrogens with zero attached hydrogens (tertiary/aromatic N) is 4. The van der Waals surface area contributed by atoms with Crippen molar-refractivity contribution in [2.75, 3.05) is 26.2 Å². The molecule has 2 fully saturated rings. The second kappa shape index (κ2) is 8.63. The van der Waals surface area contributed by atoms with Crippen molar-refractivity contribution in [2.24, 2.45) is 0 Å². The van der Waals surface area contributed by atoms with Gasteiger partial charge in [-0.25, -0.2) is 4.79 Å². The molecule has 3 amide bonds. The van der Waals surface area contributed by atoms with Gasteiger partial charge in [0.2, 0.25) is 11.7 Å². The second-order valence-electron chi connectivity index (χ2n) is 7.78. The van der Waals surface area contributed by atoms with E-state index >= 15 is 0 Å². The third kappa shape index (κ3) is 4.58. The fraction of sp³-hybridized carbons (Fsp3) is 0.524. The van der Waals surface area contributed by atoms with Gasteiger partial charge >= 0.3 is 6.03 Å². The fourth-order valence-electron chi connectivity index (χ4n) is 3.99. The van der Waals surface area contributed by atoms with Gasteiger partial charge < -0.3 is 19.6 Å². The average molecular weight is 397 g/mol. The first kappa shape index (κ1) is 19.4. The summed E-state index contributed by atoms with van der Waals surface area (Å²) in [5.41, 5.74) is 1.43. The number of urea groups is 1. The smallest absolute Gasteiger partial charge is 0.317 e. The highest BCUT2D eigenvalue weighted by atomic mass is 16.5. The molecule has 0 spiro atoms. The Labute approximate surface area is 170 Å². The maximum atomic E-state index is 12.8. The predicted molar refractivity (Wildman–Crippen MR) is 107 cm³/mol. The van der Waals surface area contributed by atoms with E-state index in [1.807, 2.05) is 17.0 Å². The number of aryl methyl sites for hydroxylation is 1. The van der Waals surface area contributed by atoms with Crippen LogP contribution < -0.4 is 5.32 Å². The lowest BCUT2D eigenvalue weighted by Crippen LogP contribution is -2.54. The predicted octanol–water partition coefficient (Wildman–Crippen LogP) is 2.85. The van der Waals surface area contributed by atoms with Crippen LogP contribution in [0.25, 0.3) is 11.4 Å². The first-order valence-electron chi connectivity index (χ1n) is 10.4. The van der Waals surface area contributed by atoms with Crippen molar-refractivity contribution in [3.63, 3.8) is 0 Å². The molecule has 1 aromatic heterocycles. The van der Waals surface area contributed by atoms with Crippen LogP contribution in [-0.2, 0) is 0 Å². The number of carbonyl (C=O) groups is 2. The molecule has 8 heteroatoms. The van der Waals surface area contributed by atoms with Gasteiger partial charge in [-0.2, -0.15) is 4.98 Å². The molecule has 1 N–H and O–H groups in total. The zero-order valence-corrected chi connectivity index (χ0v) is 16.8. The molecule has 154 valence electrons. The van der Waals surface area contributed by atoms with Crippen LogP contribution in [0.2, 0.25) is 0 Å². The van der Waals surface area contributed by atoms with Crippen molar-refractivity contribution in [3.8, 4) is 11.4 Å². The van der Waals surface area contributed by atoms with Gasteiger partial charge in [0.25, 0.3) is 5.91 Å². The second-order valence-corrected chi connectivity index (χ2v) is 7.78. The molecule has 1 aliphatic heterocycles. The van der Waals surface area contributed by atoms with Crippen LogP contribution in [0.15, 0.2) is 28.8 Å².